The third kappa shape index (κ3) is 2.99. The van der Waals surface area contributed by atoms with Crippen molar-refractivity contribution in [2.75, 3.05) is 0 Å². The van der Waals surface area contributed by atoms with Gasteiger partial charge in [0.15, 0.2) is 0 Å². The molecule has 0 unspecified atom stereocenters. The van der Waals surface area contributed by atoms with Crippen LogP contribution in [0.1, 0.15) is 32.1 Å². The summed E-state index contributed by atoms with van der Waals surface area (Å²) in [6.45, 7) is 0. The van der Waals surface area contributed by atoms with E-state index >= 15 is 0 Å². The monoisotopic (exact) mass is 190 g/mol. The fourth-order valence-corrected chi connectivity index (χ4v) is 1.08. The second-order valence-corrected chi connectivity index (χ2v) is 2.29. The summed E-state index contributed by atoms with van der Waals surface area (Å²) in [7, 11) is 0. The molecule has 0 heterocycles. The van der Waals surface area contributed by atoms with Crippen molar-refractivity contribution in [3.05, 3.63) is 0 Å². The standard InChI is InChI=1S/C6H12O.Zr/c7-6-4-2-1-3-5-6;/h6-7H,1-5H2;. The molecule has 1 N–H and O–H groups in total. The van der Waals surface area contributed by atoms with Gasteiger partial charge in [0.1, 0.15) is 0 Å². The van der Waals surface area contributed by atoms with Crippen molar-refractivity contribution < 1.29 is 31.3 Å². The second kappa shape index (κ2) is 4.70. The SMILES string of the molecule is OC1CCCCC1.[Zr]. The summed E-state index contributed by atoms with van der Waals surface area (Å²) in [5.41, 5.74) is 0. The molecule has 1 rings (SSSR count). The molecule has 0 aromatic heterocycles. The molecule has 1 aliphatic carbocycles. The molecular weight excluding hydrogens is 179 g/mol. The van der Waals surface area contributed by atoms with Crippen LogP contribution < -0.4 is 0 Å². The van der Waals surface area contributed by atoms with E-state index in [-0.39, 0.29) is 32.3 Å². The van der Waals surface area contributed by atoms with Gasteiger partial charge in [0.25, 0.3) is 0 Å². The van der Waals surface area contributed by atoms with Gasteiger partial charge in [0, 0.05) is 26.2 Å². The van der Waals surface area contributed by atoms with Crippen molar-refractivity contribution in [3.8, 4) is 0 Å². The molecule has 0 aromatic rings. The molecule has 2 heteroatoms. The topological polar surface area (TPSA) is 20.2 Å². The van der Waals surface area contributed by atoms with Crippen LogP contribution in [0.15, 0.2) is 0 Å². The molecule has 0 atom stereocenters. The maximum absolute atomic E-state index is 8.91. The average Bonchev–Trinajstić information content (AvgIpc) is 1.69. The average molecular weight is 191 g/mol. The molecule has 0 spiro atoms. The minimum absolute atomic E-state index is 0. The largest absolute Gasteiger partial charge is 0.393 e. The van der Waals surface area contributed by atoms with Gasteiger partial charge in [-0.05, 0) is 12.8 Å². The van der Waals surface area contributed by atoms with E-state index in [1.165, 1.54) is 19.3 Å². The van der Waals surface area contributed by atoms with Crippen molar-refractivity contribution >= 4 is 0 Å². The van der Waals surface area contributed by atoms with Crippen molar-refractivity contribution in [2.24, 2.45) is 0 Å². The van der Waals surface area contributed by atoms with Gasteiger partial charge in [-0.2, -0.15) is 0 Å². The Morgan fingerprint density at radius 1 is 1.00 bits per heavy atom. The van der Waals surface area contributed by atoms with Crippen LogP contribution in [0.2, 0.25) is 0 Å². The maximum Gasteiger partial charge on any atom is 0.0540 e. The van der Waals surface area contributed by atoms with E-state index in [0.717, 1.165) is 12.8 Å². The zero-order valence-electron chi connectivity index (χ0n) is 5.06. The fraction of sp³-hybridized carbons (Fsp3) is 1.00. The van der Waals surface area contributed by atoms with Crippen LogP contribution in [0, 0.1) is 0 Å². The van der Waals surface area contributed by atoms with E-state index in [0.29, 0.717) is 0 Å². The number of aliphatic hydroxyl groups is 1. The number of hydrogen-bond acceptors (Lipinski definition) is 1. The molecule has 0 saturated heterocycles. The Labute approximate surface area is 69.6 Å². The van der Waals surface area contributed by atoms with E-state index in [2.05, 4.69) is 0 Å². The predicted octanol–water partition coefficient (Wildman–Crippen LogP) is 1.31. The van der Waals surface area contributed by atoms with Crippen LogP contribution in [0.3, 0.4) is 0 Å². The summed E-state index contributed by atoms with van der Waals surface area (Å²) in [6, 6.07) is 0. The number of aliphatic hydroxyl groups excluding tert-OH is 1. The van der Waals surface area contributed by atoms with Crippen LogP contribution in [0.25, 0.3) is 0 Å². The molecule has 0 aromatic carbocycles. The molecule has 0 aliphatic heterocycles. The summed E-state index contributed by atoms with van der Waals surface area (Å²) >= 11 is 0. The Bertz CT molecular complexity index is 50.5. The van der Waals surface area contributed by atoms with Gasteiger partial charge < -0.3 is 5.11 Å². The van der Waals surface area contributed by atoms with E-state index in [4.69, 9.17) is 5.11 Å². The third-order valence-electron chi connectivity index (χ3n) is 1.57. The molecule has 8 heavy (non-hydrogen) atoms. The minimum Gasteiger partial charge on any atom is -0.393 e. The molecule has 0 bridgehead atoms. The van der Waals surface area contributed by atoms with Crippen LogP contribution in [-0.2, 0) is 26.2 Å². The number of hydrogen-bond donors (Lipinski definition) is 1. The quantitative estimate of drug-likeness (QED) is 0.612. The zero-order chi connectivity index (χ0) is 5.11. The van der Waals surface area contributed by atoms with Crippen LogP contribution in [0.5, 0.6) is 0 Å². The summed E-state index contributed by atoms with van der Waals surface area (Å²) in [5.74, 6) is 0. The molecule has 1 fully saturated rings. The first-order chi connectivity index (χ1) is 3.39. The molecule has 1 saturated carbocycles. The summed E-state index contributed by atoms with van der Waals surface area (Å²) < 4.78 is 0. The maximum atomic E-state index is 8.91. The Hall–Kier alpha value is 0.843. The molecule has 0 radical (unpaired) electrons. The van der Waals surface area contributed by atoms with Crippen LogP contribution >= 0.6 is 0 Å². The van der Waals surface area contributed by atoms with Gasteiger partial charge in [-0.3, -0.25) is 0 Å². The Balaban J connectivity index is 0.000000490. The Kier molecular flexibility index (Phi) is 5.19. The minimum atomic E-state index is 0. The van der Waals surface area contributed by atoms with Crippen molar-refractivity contribution in [3.63, 3.8) is 0 Å². The van der Waals surface area contributed by atoms with E-state index in [1.807, 2.05) is 0 Å². The van der Waals surface area contributed by atoms with E-state index < -0.39 is 0 Å². The van der Waals surface area contributed by atoms with Crippen molar-refractivity contribution in [1.82, 2.24) is 0 Å². The predicted molar refractivity (Wildman–Crippen MR) is 29.1 cm³/mol. The first-order valence-corrected chi connectivity index (χ1v) is 3.07. The van der Waals surface area contributed by atoms with E-state index in [1.54, 1.807) is 0 Å². The molecular formula is C6H12OZr. The first kappa shape index (κ1) is 8.84. The van der Waals surface area contributed by atoms with Gasteiger partial charge in [-0.15, -0.1) is 0 Å². The normalized spacial score (nSPS) is 22.1. The van der Waals surface area contributed by atoms with Crippen LogP contribution in [0.4, 0.5) is 0 Å². The van der Waals surface area contributed by atoms with Gasteiger partial charge in [0.2, 0.25) is 0 Å². The molecule has 1 nitrogen and oxygen atoms in total. The zero-order valence-corrected chi connectivity index (χ0v) is 7.52. The van der Waals surface area contributed by atoms with Gasteiger partial charge in [0.05, 0.1) is 6.10 Å². The van der Waals surface area contributed by atoms with Crippen molar-refractivity contribution in [1.29, 1.82) is 0 Å². The number of rotatable bonds is 0. The van der Waals surface area contributed by atoms with Gasteiger partial charge in [-0.1, -0.05) is 19.3 Å². The Morgan fingerprint density at radius 2 is 1.50 bits per heavy atom. The smallest absolute Gasteiger partial charge is 0.0540 e. The Morgan fingerprint density at radius 3 is 1.75 bits per heavy atom. The van der Waals surface area contributed by atoms with E-state index in [9.17, 15) is 0 Å². The van der Waals surface area contributed by atoms with Crippen molar-refractivity contribution in [2.45, 2.75) is 38.2 Å². The first-order valence-electron chi connectivity index (χ1n) is 3.07. The third-order valence-corrected chi connectivity index (χ3v) is 1.57. The summed E-state index contributed by atoms with van der Waals surface area (Å²) in [4.78, 5) is 0. The molecule has 46 valence electrons. The summed E-state index contributed by atoms with van der Waals surface area (Å²) in [5, 5.41) is 8.91. The van der Waals surface area contributed by atoms with Crippen LogP contribution in [-0.4, -0.2) is 11.2 Å². The summed E-state index contributed by atoms with van der Waals surface area (Å²) in [6.07, 6.45) is 5.92. The van der Waals surface area contributed by atoms with Gasteiger partial charge in [-0.25, -0.2) is 0 Å². The molecule has 0 amide bonds. The fourth-order valence-electron chi connectivity index (χ4n) is 1.08. The van der Waals surface area contributed by atoms with Gasteiger partial charge >= 0.3 is 0 Å². The molecule has 1 aliphatic rings. The second-order valence-electron chi connectivity index (χ2n) is 2.29.